The molecular formula is C27H24N6O3. The molecule has 0 bridgehead atoms. The second-order valence-corrected chi connectivity index (χ2v) is 7.96. The normalized spacial score (nSPS) is 10.9. The number of hydrogen-bond acceptors (Lipinski definition) is 6. The zero-order chi connectivity index (χ0) is 24.7. The molecule has 36 heavy (non-hydrogen) atoms. The number of carbonyl (C=O) groups is 1. The summed E-state index contributed by atoms with van der Waals surface area (Å²) in [6, 6.07) is 17.1. The van der Waals surface area contributed by atoms with Gasteiger partial charge in [-0.2, -0.15) is 5.10 Å². The van der Waals surface area contributed by atoms with Crippen molar-refractivity contribution in [1.82, 2.24) is 24.7 Å². The van der Waals surface area contributed by atoms with Crippen molar-refractivity contribution in [2.24, 2.45) is 0 Å². The van der Waals surface area contributed by atoms with Gasteiger partial charge in [0.15, 0.2) is 5.65 Å². The van der Waals surface area contributed by atoms with Gasteiger partial charge in [0.1, 0.15) is 11.3 Å². The van der Waals surface area contributed by atoms with Gasteiger partial charge in [-0.15, -0.1) is 0 Å². The summed E-state index contributed by atoms with van der Waals surface area (Å²) in [5.41, 5.74) is 4.82. The van der Waals surface area contributed by atoms with Crippen LogP contribution in [0.2, 0.25) is 0 Å². The molecule has 3 aromatic heterocycles. The molecular weight excluding hydrogens is 456 g/mol. The summed E-state index contributed by atoms with van der Waals surface area (Å²) < 4.78 is 13.5. The number of anilines is 1. The maximum absolute atomic E-state index is 11.6. The molecule has 0 saturated heterocycles. The smallest absolute Gasteiger partial charge is 0.247 e. The van der Waals surface area contributed by atoms with Crippen molar-refractivity contribution in [2.75, 3.05) is 11.9 Å². The van der Waals surface area contributed by atoms with E-state index in [0.717, 1.165) is 16.7 Å². The van der Waals surface area contributed by atoms with Gasteiger partial charge in [-0.1, -0.05) is 43.0 Å². The predicted octanol–water partition coefficient (Wildman–Crippen LogP) is 4.96. The monoisotopic (exact) mass is 480 g/mol. The van der Waals surface area contributed by atoms with Crippen molar-refractivity contribution in [3.05, 3.63) is 97.6 Å². The molecule has 0 aliphatic heterocycles. The van der Waals surface area contributed by atoms with Gasteiger partial charge in [-0.05, 0) is 23.8 Å². The highest BCUT2D eigenvalue weighted by Crippen LogP contribution is 2.29. The molecule has 180 valence electrons. The maximum atomic E-state index is 11.6. The Hall–Kier alpha value is -4.76. The Balaban J connectivity index is 1.26. The standard InChI is InChI=1S/C27H24N6O3/c1-2-24(34)31-21-9-6-10-22(13-21)36-25-16-29-27-26(32-25)23(15-28-27)20-14-30-33(17-20)11-12-35-18-19-7-4-3-5-8-19/h2-10,13-17H,1,11-12,18H2,(H,28,29)(H,31,34). The van der Waals surface area contributed by atoms with Crippen LogP contribution >= 0.6 is 0 Å². The zero-order valence-corrected chi connectivity index (χ0v) is 19.4. The Morgan fingerprint density at radius 3 is 2.89 bits per heavy atom. The summed E-state index contributed by atoms with van der Waals surface area (Å²) in [6.45, 7) is 5.21. The third-order valence-corrected chi connectivity index (χ3v) is 5.39. The molecule has 0 aliphatic carbocycles. The molecule has 0 atom stereocenters. The number of amides is 1. The van der Waals surface area contributed by atoms with Crippen LogP contribution in [0.3, 0.4) is 0 Å². The fraction of sp³-hybridized carbons (Fsp3) is 0.111. The van der Waals surface area contributed by atoms with Crippen molar-refractivity contribution in [3.8, 4) is 22.8 Å². The van der Waals surface area contributed by atoms with Crippen LogP contribution in [0.5, 0.6) is 11.6 Å². The Morgan fingerprint density at radius 2 is 2.03 bits per heavy atom. The molecule has 9 heteroatoms. The molecule has 0 radical (unpaired) electrons. The minimum absolute atomic E-state index is 0.298. The number of nitrogens with zero attached hydrogens (tertiary/aromatic N) is 4. The first kappa shape index (κ1) is 23.0. The Labute approximate surface area is 207 Å². The number of hydrogen-bond donors (Lipinski definition) is 2. The minimum atomic E-state index is -0.298. The Kier molecular flexibility index (Phi) is 6.81. The zero-order valence-electron chi connectivity index (χ0n) is 19.4. The average Bonchev–Trinajstić information content (AvgIpc) is 3.54. The molecule has 9 nitrogen and oxygen atoms in total. The van der Waals surface area contributed by atoms with E-state index in [9.17, 15) is 4.79 Å². The van der Waals surface area contributed by atoms with Crippen molar-refractivity contribution >= 4 is 22.8 Å². The van der Waals surface area contributed by atoms with Gasteiger partial charge in [0.25, 0.3) is 0 Å². The lowest BCUT2D eigenvalue weighted by Gasteiger charge is -2.07. The van der Waals surface area contributed by atoms with Crippen LogP contribution in [-0.4, -0.2) is 37.2 Å². The first-order chi connectivity index (χ1) is 17.7. The Morgan fingerprint density at radius 1 is 1.14 bits per heavy atom. The molecule has 2 N–H and O–H groups in total. The first-order valence-electron chi connectivity index (χ1n) is 11.4. The van der Waals surface area contributed by atoms with E-state index >= 15 is 0 Å². The fourth-order valence-corrected chi connectivity index (χ4v) is 3.64. The highest BCUT2D eigenvalue weighted by atomic mass is 16.5. The second-order valence-electron chi connectivity index (χ2n) is 7.96. The van der Waals surface area contributed by atoms with Gasteiger partial charge in [-0.3, -0.25) is 9.48 Å². The van der Waals surface area contributed by atoms with E-state index in [0.29, 0.717) is 48.2 Å². The van der Waals surface area contributed by atoms with Gasteiger partial charge < -0.3 is 19.8 Å². The third kappa shape index (κ3) is 5.48. The van der Waals surface area contributed by atoms with E-state index < -0.39 is 0 Å². The SMILES string of the molecule is C=CC(=O)Nc1cccc(Oc2cnc3[nH]cc(-c4cnn(CCOCc5ccccc5)c4)c3n2)c1. The Bertz CT molecular complexity index is 1490. The first-order valence-corrected chi connectivity index (χ1v) is 11.4. The summed E-state index contributed by atoms with van der Waals surface area (Å²) in [7, 11) is 0. The number of rotatable bonds is 10. The van der Waals surface area contributed by atoms with Gasteiger partial charge in [0.05, 0.1) is 32.2 Å². The number of H-pyrrole nitrogens is 1. The van der Waals surface area contributed by atoms with E-state index in [1.165, 1.54) is 6.08 Å². The highest BCUT2D eigenvalue weighted by molar-refractivity contribution is 5.99. The second kappa shape index (κ2) is 10.7. The van der Waals surface area contributed by atoms with Gasteiger partial charge in [0.2, 0.25) is 11.8 Å². The molecule has 3 heterocycles. The van der Waals surface area contributed by atoms with Crippen molar-refractivity contribution in [1.29, 1.82) is 0 Å². The largest absolute Gasteiger partial charge is 0.437 e. The number of nitrogens with one attached hydrogen (secondary N) is 2. The van der Waals surface area contributed by atoms with E-state index in [2.05, 4.69) is 31.9 Å². The van der Waals surface area contributed by atoms with Crippen LogP contribution in [-0.2, 0) is 22.7 Å². The van der Waals surface area contributed by atoms with Gasteiger partial charge in [0, 0.05) is 35.3 Å². The summed E-state index contributed by atoms with van der Waals surface area (Å²) >= 11 is 0. The fourth-order valence-electron chi connectivity index (χ4n) is 3.64. The summed E-state index contributed by atoms with van der Waals surface area (Å²) in [6.07, 6.45) is 8.36. The highest BCUT2D eigenvalue weighted by Gasteiger charge is 2.13. The van der Waals surface area contributed by atoms with E-state index in [-0.39, 0.29) is 5.91 Å². The molecule has 5 rings (SSSR count). The molecule has 0 fully saturated rings. The van der Waals surface area contributed by atoms with Crippen molar-refractivity contribution in [3.63, 3.8) is 0 Å². The maximum Gasteiger partial charge on any atom is 0.247 e. The summed E-state index contributed by atoms with van der Waals surface area (Å²) in [5.74, 6) is 0.553. The topological polar surface area (TPSA) is 107 Å². The number of carbonyl (C=O) groups excluding carboxylic acids is 1. The van der Waals surface area contributed by atoms with Crippen molar-refractivity contribution in [2.45, 2.75) is 13.2 Å². The van der Waals surface area contributed by atoms with E-state index in [1.807, 2.05) is 47.4 Å². The van der Waals surface area contributed by atoms with Crippen LogP contribution in [0, 0.1) is 0 Å². The molecule has 0 unspecified atom stereocenters. The molecule has 0 spiro atoms. The van der Waals surface area contributed by atoms with E-state index in [4.69, 9.17) is 9.47 Å². The molecule has 0 aliphatic rings. The number of aromatic nitrogens is 5. The van der Waals surface area contributed by atoms with Crippen LogP contribution in [0.15, 0.2) is 92.0 Å². The summed E-state index contributed by atoms with van der Waals surface area (Å²) in [5, 5.41) is 7.16. The van der Waals surface area contributed by atoms with Crippen LogP contribution < -0.4 is 10.1 Å². The van der Waals surface area contributed by atoms with Crippen LogP contribution in [0.4, 0.5) is 5.69 Å². The minimum Gasteiger partial charge on any atom is -0.437 e. The van der Waals surface area contributed by atoms with Crippen molar-refractivity contribution < 1.29 is 14.3 Å². The average molecular weight is 481 g/mol. The lowest BCUT2D eigenvalue weighted by molar-refractivity contribution is -0.111. The lowest BCUT2D eigenvalue weighted by Crippen LogP contribution is -2.07. The molecule has 2 aromatic carbocycles. The molecule has 1 amide bonds. The molecule has 0 saturated carbocycles. The number of benzene rings is 2. The van der Waals surface area contributed by atoms with Gasteiger partial charge >= 0.3 is 0 Å². The lowest BCUT2D eigenvalue weighted by atomic mass is 10.2. The number of aromatic amines is 1. The van der Waals surface area contributed by atoms with E-state index in [1.54, 1.807) is 36.7 Å². The quantitative estimate of drug-likeness (QED) is 0.216. The van der Waals surface area contributed by atoms with Crippen LogP contribution in [0.25, 0.3) is 22.3 Å². The number of ether oxygens (including phenoxy) is 2. The summed E-state index contributed by atoms with van der Waals surface area (Å²) in [4.78, 5) is 23.8. The third-order valence-electron chi connectivity index (χ3n) is 5.39. The van der Waals surface area contributed by atoms with Gasteiger partial charge in [-0.25, -0.2) is 9.97 Å². The molecule has 5 aromatic rings. The van der Waals surface area contributed by atoms with Crippen LogP contribution in [0.1, 0.15) is 5.56 Å². The predicted molar refractivity (Wildman–Crippen MR) is 137 cm³/mol. The number of fused-ring (bicyclic) bond motifs is 1.